The molecule has 154 valence electrons. The average molecular weight is 388 g/mol. The molecule has 6 heteroatoms. The molecule has 2 N–H and O–H groups in total. The van der Waals surface area contributed by atoms with Crippen molar-refractivity contribution in [3.8, 4) is 5.75 Å². The van der Waals surface area contributed by atoms with Crippen LogP contribution >= 0.6 is 0 Å². The smallest absolute Gasteiger partial charge is 0.221 e. The number of ether oxygens (including phenoxy) is 1. The summed E-state index contributed by atoms with van der Waals surface area (Å²) >= 11 is 0. The Kier molecular flexibility index (Phi) is 7.31. The summed E-state index contributed by atoms with van der Waals surface area (Å²) in [6.45, 7) is 6.35. The van der Waals surface area contributed by atoms with Gasteiger partial charge < -0.3 is 15.4 Å². The van der Waals surface area contributed by atoms with Crippen LogP contribution in [0.3, 0.4) is 0 Å². The molecule has 0 unspecified atom stereocenters. The number of carbonyl (C=O) groups excluding carboxylic acids is 2. The Morgan fingerprint density at radius 2 is 1.86 bits per heavy atom. The highest BCUT2D eigenvalue weighted by Crippen LogP contribution is 2.35. The van der Waals surface area contributed by atoms with E-state index in [1.807, 2.05) is 31.2 Å². The maximum absolute atomic E-state index is 12.6. The first-order valence-electron chi connectivity index (χ1n) is 10.5. The normalized spacial score (nSPS) is 22.1. The lowest BCUT2D eigenvalue weighted by atomic mass is 10.1. The monoisotopic (exact) mass is 387 g/mol. The van der Waals surface area contributed by atoms with E-state index in [4.69, 9.17) is 4.74 Å². The first-order chi connectivity index (χ1) is 13.6. The lowest BCUT2D eigenvalue weighted by molar-refractivity contribution is -0.122. The highest BCUT2D eigenvalue weighted by Gasteiger charge is 2.37. The average Bonchev–Trinajstić information content (AvgIpc) is 3.42. The fraction of sp³-hybridized carbons (Fsp3) is 0.636. The maximum Gasteiger partial charge on any atom is 0.221 e. The molecular weight excluding hydrogens is 354 g/mol. The quantitative estimate of drug-likeness (QED) is 0.647. The fourth-order valence-corrected chi connectivity index (χ4v) is 4.04. The minimum Gasteiger partial charge on any atom is -0.494 e. The second-order valence-electron chi connectivity index (χ2n) is 7.98. The van der Waals surface area contributed by atoms with E-state index in [2.05, 4.69) is 15.5 Å². The third-order valence-corrected chi connectivity index (χ3v) is 5.69. The number of amides is 2. The second-order valence-corrected chi connectivity index (χ2v) is 7.98. The van der Waals surface area contributed by atoms with Crippen molar-refractivity contribution in [2.24, 2.45) is 5.92 Å². The first kappa shape index (κ1) is 20.6. The van der Waals surface area contributed by atoms with Crippen LogP contribution in [0.5, 0.6) is 5.75 Å². The summed E-state index contributed by atoms with van der Waals surface area (Å²) < 4.78 is 5.64. The molecule has 1 saturated carbocycles. The van der Waals surface area contributed by atoms with Crippen LogP contribution < -0.4 is 15.4 Å². The molecule has 0 aromatic heterocycles. The van der Waals surface area contributed by atoms with Gasteiger partial charge in [0.1, 0.15) is 5.75 Å². The van der Waals surface area contributed by atoms with Crippen molar-refractivity contribution < 1.29 is 14.3 Å². The summed E-state index contributed by atoms with van der Waals surface area (Å²) in [5.41, 5.74) is 1.00. The molecule has 0 bridgehead atoms. The van der Waals surface area contributed by atoms with Crippen molar-refractivity contribution >= 4 is 11.8 Å². The minimum atomic E-state index is 0.0144. The maximum atomic E-state index is 12.6. The number of nitrogens with one attached hydrogen (secondary N) is 2. The minimum absolute atomic E-state index is 0.0144. The molecule has 1 saturated heterocycles. The third-order valence-electron chi connectivity index (χ3n) is 5.69. The lowest BCUT2D eigenvalue weighted by Gasteiger charge is -2.30. The van der Waals surface area contributed by atoms with Crippen molar-refractivity contribution in [3.05, 3.63) is 29.8 Å². The molecule has 1 aromatic carbocycles. The van der Waals surface area contributed by atoms with E-state index in [-0.39, 0.29) is 17.9 Å². The number of benzene rings is 1. The van der Waals surface area contributed by atoms with E-state index < -0.39 is 0 Å². The molecule has 1 aromatic rings. The standard InChI is InChI=1S/C22H33N3O3/c1-3-28-21-7-5-4-6-18(21)13-24-22(27)12-19-10-11-20(14-23-16(2)26)25(19)15-17-8-9-17/h4-7,17,19-20H,3,8-15H2,1-2H3,(H,23,26)(H,24,27)/t19-,20+/m0/s1. The Morgan fingerprint density at radius 1 is 1.11 bits per heavy atom. The Hall–Kier alpha value is -2.08. The lowest BCUT2D eigenvalue weighted by Crippen LogP contribution is -2.45. The van der Waals surface area contributed by atoms with Crippen LogP contribution in [-0.2, 0) is 16.1 Å². The summed E-state index contributed by atoms with van der Waals surface area (Å²) in [6, 6.07) is 8.45. The predicted octanol–water partition coefficient (Wildman–Crippen LogP) is 2.47. The zero-order valence-electron chi connectivity index (χ0n) is 17.1. The van der Waals surface area contributed by atoms with Crippen molar-refractivity contribution in [1.82, 2.24) is 15.5 Å². The van der Waals surface area contributed by atoms with Crippen LogP contribution in [0.15, 0.2) is 24.3 Å². The molecule has 1 aliphatic carbocycles. The van der Waals surface area contributed by atoms with Gasteiger partial charge in [-0.3, -0.25) is 14.5 Å². The van der Waals surface area contributed by atoms with Crippen LogP contribution in [0, 0.1) is 5.92 Å². The summed E-state index contributed by atoms with van der Waals surface area (Å²) in [7, 11) is 0. The number of rotatable bonds is 10. The number of carbonyl (C=O) groups is 2. The van der Waals surface area contributed by atoms with Gasteiger partial charge in [-0.05, 0) is 44.6 Å². The molecule has 6 nitrogen and oxygen atoms in total. The van der Waals surface area contributed by atoms with Gasteiger partial charge in [-0.2, -0.15) is 0 Å². The molecule has 2 fully saturated rings. The topological polar surface area (TPSA) is 70.7 Å². The fourth-order valence-electron chi connectivity index (χ4n) is 4.04. The number of hydrogen-bond acceptors (Lipinski definition) is 4. The SMILES string of the molecule is CCOc1ccccc1CNC(=O)C[C@@H]1CC[C@H](CNC(C)=O)N1CC1CC1. The van der Waals surface area contributed by atoms with Gasteiger partial charge >= 0.3 is 0 Å². The zero-order valence-corrected chi connectivity index (χ0v) is 17.1. The van der Waals surface area contributed by atoms with Crippen LogP contribution in [0.2, 0.25) is 0 Å². The van der Waals surface area contributed by atoms with Gasteiger partial charge in [-0.1, -0.05) is 18.2 Å². The molecule has 1 aliphatic heterocycles. The Labute approximate surface area is 168 Å². The van der Waals surface area contributed by atoms with Gasteiger partial charge in [0.2, 0.25) is 11.8 Å². The molecule has 28 heavy (non-hydrogen) atoms. The van der Waals surface area contributed by atoms with Crippen LogP contribution in [0.4, 0.5) is 0 Å². The van der Waals surface area contributed by atoms with Gasteiger partial charge in [0, 0.05) is 50.6 Å². The van der Waals surface area contributed by atoms with E-state index in [9.17, 15) is 9.59 Å². The van der Waals surface area contributed by atoms with Crippen molar-refractivity contribution in [1.29, 1.82) is 0 Å². The van der Waals surface area contributed by atoms with Crippen molar-refractivity contribution in [3.63, 3.8) is 0 Å². The van der Waals surface area contributed by atoms with Gasteiger partial charge in [-0.15, -0.1) is 0 Å². The summed E-state index contributed by atoms with van der Waals surface area (Å²) in [6.07, 6.45) is 5.14. The van der Waals surface area contributed by atoms with Crippen molar-refractivity contribution in [2.75, 3.05) is 19.7 Å². The Bertz CT molecular complexity index is 675. The first-order valence-corrected chi connectivity index (χ1v) is 10.5. The highest BCUT2D eigenvalue weighted by molar-refractivity contribution is 5.76. The zero-order chi connectivity index (χ0) is 19.9. The van der Waals surface area contributed by atoms with Gasteiger partial charge in [-0.25, -0.2) is 0 Å². The molecule has 2 aliphatic rings. The summed E-state index contributed by atoms with van der Waals surface area (Å²) in [4.78, 5) is 26.4. The largest absolute Gasteiger partial charge is 0.494 e. The van der Waals surface area contributed by atoms with E-state index in [0.717, 1.165) is 36.6 Å². The Balaban J connectivity index is 1.52. The number of para-hydroxylation sites is 1. The molecule has 2 amide bonds. The summed E-state index contributed by atoms with van der Waals surface area (Å²) in [5.74, 6) is 1.69. The number of likely N-dealkylation sites (tertiary alicyclic amines) is 1. The van der Waals surface area contributed by atoms with Gasteiger partial charge in [0.25, 0.3) is 0 Å². The predicted molar refractivity (Wildman–Crippen MR) is 109 cm³/mol. The molecule has 0 radical (unpaired) electrons. The molecule has 2 atom stereocenters. The summed E-state index contributed by atoms with van der Waals surface area (Å²) in [5, 5.41) is 6.02. The molecular formula is C22H33N3O3. The molecule has 3 rings (SSSR count). The van der Waals surface area contributed by atoms with Crippen LogP contribution in [0.1, 0.15) is 51.5 Å². The molecule has 1 heterocycles. The second kappa shape index (κ2) is 9.92. The van der Waals surface area contributed by atoms with E-state index in [1.54, 1.807) is 6.92 Å². The van der Waals surface area contributed by atoms with Crippen molar-refractivity contribution in [2.45, 2.75) is 64.6 Å². The number of nitrogens with zero attached hydrogens (tertiary/aromatic N) is 1. The van der Waals surface area contributed by atoms with Gasteiger partial charge in [0.05, 0.1) is 6.61 Å². The third kappa shape index (κ3) is 5.96. The van der Waals surface area contributed by atoms with Crippen LogP contribution in [-0.4, -0.2) is 48.5 Å². The van der Waals surface area contributed by atoms with Gasteiger partial charge in [0.15, 0.2) is 0 Å². The number of hydrogen-bond donors (Lipinski definition) is 2. The highest BCUT2D eigenvalue weighted by atomic mass is 16.5. The Morgan fingerprint density at radius 3 is 2.57 bits per heavy atom. The van der Waals surface area contributed by atoms with Crippen LogP contribution in [0.25, 0.3) is 0 Å². The van der Waals surface area contributed by atoms with E-state index >= 15 is 0 Å². The molecule has 0 spiro atoms. The van der Waals surface area contributed by atoms with E-state index in [0.29, 0.717) is 32.2 Å². The van der Waals surface area contributed by atoms with E-state index in [1.165, 1.54) is 12.8 Å².